The molecule has 0 fully saturated rings. The third kappa shape index (κ3) is 32.6. The molecule has 0 aliphatic carbocycles. The maximum absolute atomic E-state index is 12.7. The number of nitrogens with one attached hydrogen (secondary N) is 5. The Labute approximate surface area is 318 Å². The highest BCUT2D eigenvalue weighted by Crippen LogP contribution is 2.12. The molecule has 0 atom stereocenters. The maximum atomic E-state index is 12.7. The predicted octanol–water partition coefficient (Wildman–Crippen LogP) is 5.98. The molecular formula is C37H71N7O9. The number of hydrogen-bond donors (Lipinski definition) is 5. The van der Waals surface area contributed by atoms with E-state index in [1.165, 1.54) is 0 Å². The predicted molar refractivity (Wildman–Crippen MR) is 206 cm³/mol. The van der Waals surface area contributed by atoms with E-state index in [-0.39, 0.29) is 18.0 Å². The zero-order valence-corrected chi connectivity index (χ0v) is 34.7. The van der Waals surface area contributed by atoms with Crippen LogP contribution in [0.4, 0.5) is 19.2 Å². The van der Waals surface area contributed by atoms with Gasteiger partial charge >= 0.3 is 24.4 Å². The van der Waals surface area contributed by atoms with Gasteiger partial charge in [-0.1, -0.05) is 12.8 Å². The third-order valence-electron chi connectivity index (χ3n) is 6.40. The smallest absolute Gasteiger partial charge is 0.414 e. The average molecular weight is 758 g/mol. The molecule has 5 N–H and O–H groups in total. The van der Waals surface area contributed by atoms with Crippen molar-refractivity contribution < 1.29 is 42.9 Å². The Morgan fingerprint density at radius 3 is 1.53 bits per heavy atom. The van der Waals surface area contributed by atoms with E-state index in [1.807, 2.05) is 20.8 Å². The highest BCUT2D eigenvalue weighted by molar-refractivity contribution is 6.01. The summed E-state index contributed by atoms with van der Waals surface area (Å²) in [7, 11) is 0. The lowest BCUT2D eigenvalue weighted by Gasteiger charge is -2.27. The van der Waals surface area contributed by atoms with Crippen LogP contribution in [0, 0.1) is 0 Å². The van der Waals surface area contributed by atoms with E-state index in [0.717, 1.165) is 32.1 Å². The molecule has 0 rings (SSSR count). The molecule has 0 aliphatic rings. The molecule has 53 heavy (non-hydrogen) atoms. The molecule has 0 bridgehead atoms. The number of guanidine groups is 1. The van der Waals surface area contributed by atoms with Crippen molar-refractivity contribution in [2.75, 3.05) is 45.8 Å². The van der Waals surface area contributed by atoms with Crippen LogP contribution in [-0.2, 0) is 23.7 Å². The Hall–Kier alpha value is -3.82. The molecule has 0 radical (unpaired) electrons. The van der Waals surface area contributed by atoms with Gasteiger partial charge in [-0.05, 0) is 122 Å². The summed E-state index contributed by atoms with van der Waals surface area (Å²) in [5.74, 6) is -0.0667. The van der Waals surface area contributed by atoms with E-state index in [1.54, 1.807) is 67.2 Å². The van der Waals surface area contributed by atoms with Gasteiger partial charge < -0.3 is 39.8 Å². The van der Waals surface area contributed by atoms with Gasteiger partial charge in [-0.2, -0.15) is 0 Å². The average Bonchev–Trinajstić information content (AvgIpc) is 2.95. The number of alkyl carbamates (subject to hydrolysis) is 3. The fourth-order valence-corrected chi connectivity index (χ4v) is 4.28. The number of unbranched alkanes of at least 4 members (excludes halogenated alkanes) is 4. The van der Waals surface area contributed by atoms with Gasteiger partial charge in [-0.15, -0.1) is 0 Å². The number of carbonyl (C=O) groups excluding carboxylic acids is 5. The molecule has 0 spiro atoms. The van der Waals surface area contributed by atoms with E-state index in [9.17, 15) is 24.0 Å². The van der Waals surface area contributed by atoms with Crippen LogP contribution in [0.3, 0.4) is 0 Å². The van der Waals surface area contributed by atoms with Crippen LogP contribution in [0.15, 0.2) is 4.99 Å². The molecule has 0 heterocycles. The summed E-state index contributed by atoms with van der Waals surface area (Å²) in [5, 5.41) is 13.9. The van der Waals surface area contributed by atoms with Crippen molar-refractivity contribution in [3.8, 4) is 0 Å². The van der Waals surface area contributed by atoms with Crippen molar-refractivity contribution in [2.45, 2.75) is 157 Å². The number of rotatable bonds is 19. The van der Waals surface area contributed by atoms with Gasteiger partial charge in [-0.3, -0.25) is 20.4 Å². The Kier molecular flexibility index (Phi) is 22.7. The van der Waals surface area contributed by atoms with Gasteiger partial charge in [0.1, 0.15) is 22.4 Å². The van der Waals surface area contributed by atoms with E-state index in [2.05, 4.69) is 31.6 Å². The van der Waals surface area contributed by atoms with Crippen LogP contribution in [0.25, 0.3) is 0 Å². The van der Waals surface area contributed by atoms with Crippen molar-refractivity contribution in [1.29, 1.82) is 0 Å². The van der Waals surface area contributed by atoms with Crippen LogP contribution in [0.1, 0.15) is 134 Å². The monoisotopic (exact) mass is 758 g/mol. The summed E-state index contributed by atoms with van der Waals surface area (Å²) in [5.41, 5.74) is -2.61. The maximum Gasteiger partial charge on any atom is 0.414 e. The van der Waals surface area contributed by atoms with Gasteiger partial charge in [0.25, 0.3) is 0 Å². The first-order chi connectivity index (χ1) is 24.3. The molecule has 308 valence electrons. The molecule has 0 aliphatic heterocycles. The first-order valence-corrected chi connectivity index (χ1v) is 18.8. The van der Waals surface area contributed by atoms with Gasteiger partial charge in [0.2, 0.25) is 11.9 Å². The molecule has 16 nitrogen and oxygen atoms in total. The van der Waals surface area contributed by atoms with Gasteiger partial charge in [0, 0.05) is 45.7 Å². The molecular weight excluding hydrogens is 686 g/mol. The topological polar surface area (TPSA) is 198 Å². The number of nitrogens with zero attached hydrogens (tertiary/aromatic N) is 2. The molecule has 0 aromatic carbocycles. The molecule has 0 aromatic heterocycles. The fraction of sp³-hybridized carbons (Fsp3) is 0.838. The molecule has 0 saturated heterocycles. The third-order valence-corrected chi connectivity index (χ3v) is 6.40. The first-order valence-electron chi connectivity index (χ1n) is 18.8. The largest absolute Gasteiger partial charge is 0.444 e. The van der Waals surface area contributed by atoms with Crippen molar-refractivity contribution >= 4 is 36.2 Å². The summed E-state index contributed by atoms with van der Waals surface area (Å²) in [6.45, 7) is 24.8. The van der Waals surface area contributed by atoms with Crippen LogP contribution >= 0.6 is 0 Å². The number of aliphatic imine (C=N–C) groups is 1. The first kappa shape index (κ1) is 49.2. The lowest BCUT2D eigenvalue weighted by molar-refractivity contribution is -0.121. The zero-order chi connectivity index (χ0) is 40.7. The molecule has 0 saturated carbocycles. The Bertz CT molecular complexity index is 1120. The molecule has 5 amide bonds. The lowest BCUT2D eigenvalue weighted by atomic mass is 10.2. The Balaban J connectivity index is 4.35. The van der Waals surface area contributed by atoms with Crippen LogP contribution in [0.5, 0.6) is 0 Å². The zero-order valence-electron chi connectivity index (χ0n) is 34.7. The van der Waals surface area contributed by atoms with Crippen molar-refractivity contribution in [3.05, 3.63) is 0 Å². The number of amides is 5. The number of carbonyl (C=O) groups is 5. The van der Waals surface area contributed by atoms with Crippen LogP contribution in [-0.4, -0.2) is 109 Å². The Morgan fingerprint density at radius 2 is 0.981 bits per heavy atom. The fourth-order valence-electron chi connectivity index (χ4n) is 4.28. The second-order valence-electron chi connectivity index (χ2n) is 16.7. The van der Waals surface area contributed by atoms with Gasteiger partial charge in [0.05, 0.1) is 0 Å². The SMILES string of the molecule is CC(C)(C)OC(=O)NCCCN(CCCCNCCC(=O)NCCCCCCN=C(NC(=O)OC(C)(C)C)NC(=O)OC(C)(C)C)C(=O)OC(C)(C)C. The molecule has 16 heteroatoms. The second-order valence-corrected chi connectivity index (χ2v) is 16.7. The lowest BCUT2D eigenvalue weighted by Crippen LogP contribution is -2.47. The number of ether oxygens (including phenoxy) is 4. The summed E-state index contributed by atoms with van der Waals surface area (Å²) >= 11 is 0. The highest BCUT2D eigenvalue weighted by Gasteiger charge is 2.23. The molecule has 0 aromatic rings. The summed E-state index contributed by atoms with van der Waals surface area (Å²) in [6.07, 6.45) is 3.40. The van der Waals surface area contributed by atoms with E-state index in [4.69, 9.17) is 18.9 Å². The van der Waals surface area contributed by atoms with E-state index >= 15 is 0 Å². The minimum absolute atomic E-state index is 0.0238. The van der Waals surface area contributed by atoms with Crippen molar-refractivity contribution in [2.24, 2.45) is 4.99 Å². The van der Waals surface area contributed by atoms with Crippen LogP contribution < -0.4 is 26.6 Å². The minimum atomic E-state index is -0.737. The minimum Gasteiger partial charge on any atom is -0.444 e. The van der Waals surface area contributed by atoms with Gasteiger partial charge in [-0.25, -0.2) is 19.2 Å². The summed E-state index contributed by atoms with van der Waals surface area (Å²) < 4.78 is 21.3. The standard InChI is InChI=1S/C37H71N7O9/c1-34(2,3)50-30(46)41-24-19-27-44(33(49)53-37(10,11)12)26-18-17-21-38-25-20-28(45)39-22-15-13-14-16-23-40-29(42-31(47)51-35(4,5)6)43-32(48)52-36(7,8)9/h38H,13-27H2,1-12H3,(H,39,45)(H,41,46)(H2,40,42,43,47,48). The number of hydrogen-bond acceptors (Lipinski definition) is 11. The molecule has 0 unspecified atom stereocenters. The van der Waals surface area contributed by atoms with E-state index < -0.39 is 40.7 Å². The summed E-state index contributed by atoms with van der Waals surface area (Å²) in [4.78, 5) is 67.3. The van der Waals surface area contributed by atoms with Crippen LogP contribution in [0.2, 0.25) is 0 Å². The summed E-state index contributed by atoms with van der Waals surface area (Å²) in [6, 6.07) is 0. The normalized spacial score (nSPS) is 11.8. The van der Waals surface area contributed by atoms with Crippen molar-refractivity contribution in [1.82, 2.24) is 31.5 Å². The second kappa shape index (κ2) is 24.5. The quantitative estimate of drug-likeness (QED) is 0.0452. The van der Waals surface area contributed by atoms with E-state index in [0.29, 0.717) is 65.1 Å². The van der Waals surface area contributed by atoms with Gasteiger partial charge in [0.15, 0.2) is 0 Å². The van der Waals surface area contributed by atoms with Crippen molar-refractivity contribution in [3.63, 3.8) is 0 Å². The highest BCUT2D eigenvalue weighted by atomic mass is 16.6. The Morgan fingerprint density at radius 1 is 0.509 bits per heavy atom.